The Bertz CT molecular complexity index is 1050. The number of likely N-dealkylation sites (tertiary alicyclic amines) is 1. The fourth-order valence-corrected chi connectivity index (χ4v) is 4.64. The monoisotopic (exact) mass is 433 g/mol. The highest BCUT2D eigenvalue weighted by molar-refractivity contribution is 5.76. The van der Waals surface area contributed by atoms with Crippen LogP contribution in [0.15, 0.2) is 48.5 Å². The molecule has 3 aromatic rings. The molecule has 0 amide bonds. The number of para-hydroxylation sites is 2. The Morgan fingerprint density at radius 3 is 2.56 bits per heavy atom. The molecule has 1 aliphatic rings. The molecule has 32 heavy (non-hydrogen) atoms. The molecule has 1 atom stereocenters. The summed E-state index contributed by atoms with van der Waals surface area (Å²) in [5.41, 5.74) is 3.33. The molecule has 170 valence electrons. The third kappa shape index (κ3) is 4.99. The van der Waals surface area contributed by atoms with Crippen LogP contribution in [0.1, 0.15) is 57.0 Å². The van der Waals surface area contributed by atoms with E-state index < -0.39 is 0 Å². The molecule has 5 heteroatoms. The molecule has 0 radical (unpaired) electrons. The lowest BCUT2D eigenvalue weighted by Crippen LogP contribution is -2.30. The number of hydrogen-bond acceptors (Lipinski definition) is 4. The summed E-state index contributed by atoms with van der Waals surface area (Å²) in [6.07, 6.45) is 9.30. The van der Waals surface area contributed by atoms with Gasteiger partial charge in [-0.3, -0.25) is 4.90 Å². The van der Waals surface area contributed by atoms with Gasteiger partial charge in [0.05, 0.1) is 30.7 Å². The van der Waals surface area contributed by atoms with Crippen molar-refractivity contribution in [3.63, 3.8) is 0 Å². The number of benzene rings is 2. The molecule has 1 fully saturated rings. The minimum atomic E-state index is 0.287. The van der Waals surface area contributed by atoms with Crippen LogP contribution in [0.4, 0.5) is 0 Å². The summed E-state index contributed by atoms with van der Waals surface area (Å²) >= 11 is 0. The zero-order valence-electron chi connectivity index (χ0n) is 19.6. The Morgan fingerprint density at radius 1 is 1.03 bits per heavy atom. The molecule has 0 spiro atoms. The Balaban J connectivity index is 1.54. The Labute approximate surface area is 191 Å². The van der Waals surface area contributed by atoms with Gasteiger partial charge in [-0.2, -0.15) is 0 Å². The van der Waals surface area contributed by atoms with Crippen LogP contribution >= 0.6 is 0 Å². The number of imidazole rings is 1. The first-order chi connectivity index (χ1) is 15.7. The van der Waals surface area contributed by atoms with Gasteiger partial charge < -0.3 is 14.0 Å². The van der Waals surface area contributed by atoms with E-state index in [4.69, 9.17) is 14.5 Å². The van der Waals surface area contributed by atoms with Crippen molar-refractivity contribution in [2.24, 2.45) is 0 Å². The van der Waals surface area contributed by atoms with Gasteiger partial charge in [0, 0.05) is 0 Å². The predicted molar refractivity (Wildman–Crippen MR) is 131 cm³/mol. The smallest absolute Gasteiger partial charge is 0.161 e. The van der Waals surface area contributed by atoms with E-state index in [2.05, 4.69) is 52.8 Å². The largest absolute Gasteiger partial charge is 0.493 e. The second-order valence-corrected chi connectivity index (χ2v) is 8.50. The van der Waals surface area contributed by atoms with E-state index >= 15 is 0 Å². The number of aromatic nitrogens is 2. The highest BCUT2D eigenvalue weighted by Crippen LogP contribution is 2.30. The third-order valence-electron chi connectivity index (χ3n) is 6.37. The van der Waals surface area contributed by atoms with Crippen LogP contribution in [0.5, 0.6) is 11.5 Å². The quantitative estimate of drug-likeness (QED) is 0.431. The highest BCUT2D eigenvalue weighted by atomic mass is 16.5. The van der Waals surface area contributed by atoms with Crippen molar-refractivity contribution >= 4 is 17.1 Å². The summed E-state index contributed by atoms with van der Waals surface area (Å²) < 4.78 is 14.1. The van der Waals surface area contributed by atoms with Crippen LogP contribution in [0, 0.1) is 0 Å². The second-order valence-electron chi connectivity index (χ2n) is 8.50. The Hall–Kier alpha value is -2.79. The summed E-state index contributed by atoms with van der Waals surface area (Å²) in [5, 5.41) is 0. The number of ether oxygens (including phenoxy) is 2. The molecular formula is C27H35N3O2. The molecule has 0 saturated carbocycles. The van der Waals surface area contributed by atoms with Crippen LogP contribution in [-0.2, 0) is 6.54 Å². The SMILES string of the molecule is C/C=C/c1ccc(OCCn2c(C(C)N3CCCCCC3)nc3ccccc32)c(OC)c1. The minimum Gasteiger partial charge on any atom is -0.493 e. The van der Waals surface area contributed by atoms with Crippen molar-refractivity contribution in [3.8, 4) is 11.5 Å². The van der Waals surface area contributed by atoms with Crippen molar-refractivity contribution in [1.82, 2.24) is 14.5 Å². The number of fused-ring (bicyclic) bond motifs is 1. The minimum absolute atomic E-state index is 0.287. The van der Waals surface area contributed by atoms with Gasteiger partial charge in [0.15, 0.2) is 11.5 Å². The van der Waals surface area contributed by atoms with Crippen LogP contribution in [-0.4, -0.2) is 41.3 Å². The summed E-state index contributed by atoms with van der Waals surface area (Å²) in [4.78, 5) is 7.64. The molecule has 1 saturated heterocycles. The highest BCUT2D eigenvalue weighted by Gasteiger charge is 2.23. The molecule has 2 aromatic carbocycles. The fourth-order valence-electron chi connectivity index (χ4n) is 4.64. The molecule has 0 aliphatic carbocycles. The molecule has 0 N–H and O–H groups in total. The Morgan fingerprint density at radius 2 is 1.81 bits per heavy atom. The lowest BCUT2D eigenvalue weighted by Gasteiger charge is -2.27. The molecule has 1 aromatic heterocycles. The van der Waals surface area contributed by atoms with Crippen molar-refractivity contribution in [2.45, 2.75) is 52.1 Å². The van der Waals surface area contributed by atoms with Crippen LogP contribution < -0.4 is 9.47 Å². The maximum absolute atomic E-state index is 6.17. The van der Waals surface area contributed by atoms with Crippen molar-refractivity contribution in [2.75, 3.05) is 26.8 Å². The van der Waals surface area contributed by atoms with Gasteiger partial charge >= 0.3 is 0 Å². The number of hydrogen-bond donors (Lipinski definition) is 0. The lowest BCUT2D eigenvalue weighted by molar-refractivity contribution is 0.204. The zero-order valence-corrected chi connectivity index (χ0v) is 19.6. The average molecular weight is 434 g/mol. The molecule has 4 rings (SSSR count). The van der Waals surface area contributed by atoms with E-state index in [0.717, 1.165) is 48.0 Å². The standard InChI is InChI=1S/C27H35N3O2/c1-4-11-22-14-15-25(26(20-22)31-3)32-19-18-30-24-13-8-7-12-23(24)28-27(30)21(2)29-16-9-5-6-10-17-29/h4,7-8,11-15,20-21H,5-6,9-10,16-19H2,1-3H3/b11-4+. The van der Waals surface area contributed by atoms with Crippen LogP contribution in [0.2, 0.25) is 0 Å². The molecule has 2 heterocycles. The molecule has 1 aliphatic heterocycles. The van der Waals surface area contributed by atoms with E-state index in [9.17, 15) is 0 Å². The lowest BCUT2D eigenvalue weighted by atomic mass is 10.2. The van der Waals surface area contributed by atoms with Crippen molar-refractivity contribution in [3.05, 3.63) is 59.9 Å². The van der Waals surface area contributed by atoms with Gasteiger partial charge in [-0.15, -0.1) is 0 Å². The number of nitrogens with zero attached hydrogens (tertiary/aromatic N) is 3. The summed E-state index contributed by atoms with van der Waals surface area (Å²) in [6.45, 7) is 7.91. The van der Waals surface area contributed by atoms with E-state index in [0.29, 0.717) is 6.61 Å². The van der Waals surface area contributed by atoms with E-state index in [1.807, 2.05) is 25.1 Å². The van der Waals surface area contributed by atoms with Crippen molar-refractivity contribution < 1.29 is 9.47 Å². The van der Waals surface area contributed by atoms with Crippen LogP contribution in [0.3, 0.4) is 0 Å². The molecule has 0 bridgehead atoms. The zero-order chi connectivity index (χ0) is 22.3. The first-order valence-corrected chi connectivity index (χ1v) is 11.8. The van der Waals surface area contributed by atoms with Gasteiger partial charge in [0.1, 0.15) is 12.4 Å². The summed E-state index contributed by atoms with van der Waals surface area (Å²) in [7, 11) is 1.69. The van der Waals surface area contributed by atoms with Crippen LogP contribution in [0.25, 0.3) is 17.1 Å². The van der Waals surface area contributed by atoms with Gasteiger partial charge in [-0.25, -0.2) is 4.98 Å². The number of allylic oxidation sites excluding steroid dienone is 1. The first kappa shape index (κ1) is 22.4. The molecule has 5 nitrogen and oxygen atoms in total. The summed E-state index contributed by atoms with van der Waals surface area (Å²) in [5.74, 6) is 2.66. The predicted octanol–water partition coefficient (Wildman–Crippen LogP) is 6.09. The third-order valence-corrected chi connectivity index (χ3v) is 6.37. The topological polar surface area (TPSA) is 39.5 Å². The number of rotatable bonds is 8. The van der Waals surface area contributed by atoms with Crippen molar-refractivity contribution in [1.29, 1.82) is 0 Å². The Kier molecular flexibility index (Phi) is 7.48. The first-order valence-electron chi connectivity index (χ1n) is 11.8. The maximum atomic E-state index is 6.17. The van der Waals surface area contributed by atoms with E-state index in [1.54, 1.807) is 7.11 Å². The molecule has 1 unspecified atom stereocenters. The second kappa shape index (κ2) is 10.7. The van der Waals surface area contributed by atoms with E-state index in [1.165, 1.54) is 31.2 Å². The van der Waals surface area contributed by atoms with Gasteiger partial charge in [-0.1, -0.05) is 43.2 Å². The average Bonchev–Trinajstić information content (AvgIpc) is 2.98. The normalized spacial score (nSPS) is 16.3. The summed E-state index contributed by atoms with van der Waals surface area (Å²) in [6, 6.07) is 14.8. The van der Waals surface area contributed by atoms with E-state index in [-0.39, 0.29) is 6.04 Å². The van der Waals surface area contributed by atoms with Gasteiger partial charge in [-0.05, 0) is 69.6 Å². The van der Waals surface area contributed by atoms with Gasteiger partial charge in [0.25, 0.3) is 0 Å². The fraction of sp³-hybridized carbons (Fsp3) is 0.444. The van der Waals surface area contributed by atoms with Gasteiger partial charge in [0.2, 0.25) is 0 Å². The molecular weight excluding hydrogens is 398 g/mol. The number of methoxy groups -OCH3 is 1. The maximum Gasteiger partial charge on any atom is 0.161 e.